The molecule has 0 spiro atoms. The normalized spacial score (nSPS) is 10.4. The van der Waals surface area contributed by atoms with Crippen LogP contribution in [0.3, 0.4) is 0 Å². The lowest BCUT2D eigenvalue weighted by molar-refractivity contribution is 0.415. The molecule has 3 rings (SSSR count). The van der Waals surface area contributed by atoms with Crippen LogP contribution in [0.15, 0.2) is 42.5 Å². The molecule has 0 saturated heterocycles. The van der Waals surface area contributed by atoms with E-state index in [2.05, 4.69) is 11.1 Å². The highest BCUT2D eigenvalue weighted by atomic mass is 35.5. The molecular weight excluding hydrogens is 274 g/mol. The topological polar surface area (TPSA) is 50.3 Å². The molecule has 0 atom stereocenters. The van der Waals surface area contributed by atoms with Crippen molar-refractivity contribution in [3.05, 3.63) is 53.3 Å². The minimum atomic E-state index is 0.427. The van der Waals surface area contributed by atoms with Crippen molar-refractivity contribution in [2.75, 3.05) is 7.11 Å². The first kappa shape index (κ1) is 12.5. The van der Waals surface area contributed by atoms with Gasteiger partial charge in [-0.15, -0.1) is 0 Å². The number of rotatable bonds is 2. The Morgan fingerprint density at radius 3 is 2.60 bits per heavy atom. The highest BCUT2D eigenvalue weighted by Gasteiger charge is 2.15. The predicted octanol–water partition coefficient (Wildman–Crippen LogP) is 3.53. The number of imidazole rings is 1. The molecule has 2 heterocycles. The Morgan fingerprint density at radius 2 is 1.95 bits per heavy atom. The molecule has 98 valence electrons. The lowest BCUT2D eigenvalue weighted by Crippen LogP contribution is -1.90. The second kappa shape index (κ2) is 4.87. The van der Waals surface area contributed by atoms with Crippen LogP contribution >= 0.6 is 11.6 Å². The van der Waals surface area contributed by atoms with Gasteiger partial charge < -0.3 is 4.74 Å². The van der Waals surface area contributed by atoms with E-state index in [0.717, 1.165) is 11.3 Å². The molecule has 0 fully saturated rings. The van der Waals surface area contributed by atoms with E-state index in [1.165, 1.54) is 0 Å². The van der Waals surface area contributed by atoms with Gasteiger partial charge in [-0.3, -0.25) is 4.40 Å². The van der Waals surface area contributed by atoms with Gasteiger partial charge in [0.15, 0.2) is 5.69 Å². The Labute approximate surface area is 120 Å². The molecule has 0 radical (unpaired) electrons. The smallest absolute Gasteiger partial charge is 0.153 e. The van der Waals surface area contributed by atoms with Crippen LogP contribution in [-0.4, -0.2) is 16.5 Å². The van der Waals surface area contributed by atoms with Crippen molar-refractivity contribution in [1.29, 1.82) is 5.26 Å². The zero-order valence-corrected chi connectivity index (χ0v) is 11.4. The maximum Gasteiger partial charge on any atom is 0.153 e. The van der Waals surface area contributed by atoms with Crippen LogP contribution in [0.25, 0.3) is 16.9 Å². The van der Waals surface area contributed by atoms with Crippen molar-refractivity contribution in [2.45, 2.75) is 0 Å². The van der Waals surface area contributed by atoms with Gasteiger partial charge in [0.25, 0.3) is 0 Å². The van der Waals surface area contributed by atoms with Crippen LogP contribution in [0.4, 0.5) is 0 Å². The Hall–Kier alpha value is -2.51. The zero-order valence-electron chi connectivity index (χ0n) is 10.7. The third-order valence-electron chi connectivity index (χ3n) is 3.07. The molecule has 0 aliphatic carbocycles. The molecule has 4 nitrogen and oxygen atoms in total. The van der Waals surface area contributed by atoms with Gasteiger partial charge in [-0.2, -0.15) is 5.26 Å². The third-order valence-corrected chi connectivity index (χ3v) is 3.36. The standard InChI is InChI=1S/C15H10ClN3O/c1-20-11-7-5-10(6-8-11)15-12(9-17)19-13(16)3-2-4-14(19)18-15/h2-8H,1H3. The maximum atomic E-state index is 9.40. The first-order chi connectivity index (χ1) is 9.74. The minimum Gasteiger partial charge on any atom is -0.497 e. The number of aromatic nitrogens is 2. The van der Waals surface area contributed by atoms with Crippen molar-refractivity contribution in [3.63, 3.8) is 0 Å². The number of halogens is 1. The van der Waals surface area contributed by atoms with E-state index >= 15 is 0 Å². The average Bonchev–Trinajstić information content (AvgIpc) is 2.87. The summed E-state index contributed by atoms with van der Waals surface area (Å²) in [6.07, 6.45) is 0. The minimum absolute atomic E-state index is 0.427. The molecule has 0 unspecified atom stereocenters. The molecule has 20 heavy (non-hydrogen) atoms. The van der Waals surface area contributed by atoms with Crippen LogP contribution in [0.5, 0.6) is 5.75 Å². The summed E-state index contributed by atoms with van der Waals surface area (Å²) in [4.78, 5) is 4.49. The van der Waals surface area contributed by atoms with Crippen molar-refractivity contribution in [1.82, 2.24) is 9.38 Å². The molecule has 0 aliphatic heterocycles. The largest absolute Gasteiger partial charge is 0.497 e. The van der Waals surface area contributed by atoms with E-state index in [4.69, 9.17) is 16.3 Å². The molecule has 2 aromatic heterocycles. The van der Waals surface area contributed by atoms with E-state index in [9.17, 15) is 5.26 Å². The lowest BCUT2D eigenvalue weighted by atomic mass is 10.1. The molecule has 0 amide bonds. The molecule has 0 N–H and O–H groups in total. The van der Waals surface area contributed by atoms with Crippen LogP contribution in [-0.2, 0) is 0 Å². The van der Waals surface area contributed by atoms with Gasteiger partial charge in [0.1, 0.15) is 28.3 Å². The first-order valence-electron chi connectivity index (χ1n) is 5.96. The summed E-state index contributed by atoms with van der Waals surface area (Å²) in [5.41, 5.74) is 2.54. The van der Waals surface area contributed by atoms with Crippen molar-refractivity contribution < 1.29 is 4.74 Å². The van der Waals surface area contributed by atoms with Crippen molar-refractivity contribution in [3.8, 4) is 23.1 Å². The quantitative estimate of drug-likeness (QED) is 0.676. The summed E-state index contributed by atoms with van der Waals surface area (Å²) in [5.74, 6) is 0.758. The molecule has 3 aromatic rings. The molecule has 0 aliphatic rings. The number of pyridine rings is 1. The fraction of sp³-hybridized carbons (Fsp3) is 0.0667. The summed E-state index contributed by atoms with van der Waals surface area (Å²) in [5, 5.41) is 9.86. The number of methoxy groups -OCH3 is 1. The summed E-state index contributed by atoms with van der Waals surface area (Å²) in [7, 11) is 1.61. The van der Waals surface area contributed by atoms with Crippen molar-refractivity contribution >= 4 is 17.2 Å². The van der Waals surface area contributed by atoms with Gasteiger partial charge in [-0.1, -0.05) is 17.7 Å². The number of ether oxygens (including phenoxy) is 1. The fourth-order valence-electron chi connectivity index (χ4n) is 2.11. The Kier molecular flexibility index (Phi) is 3.05. The molecule has 0 saturated carbocycles. The summed E-state index contributed by atoms with van der Waals surface area (Å²) >= 11 is 6.14. The fourth-order valence-corrected chi connectivity index (χ4v) is 2.35. The first-order valence-corrected chi connectivity index (χ1v) is 6.34. The number of benzene rings is 1. The molecular formula is C15H10ClN3O. The number of nitriles is 1. The number of hydrogen-bond donors (Lipinski definition) is 0. The van der Waals surface area contributed by atoms with Gasteiger partial charge in [-0.25, -0.2) is 4.98 Å². The van der Waals surface area contributed by atoms with E-state index in [1.807, 2.05) is 36.4 Å². The lowest BCUT2D eigenvalue weighted by Gasteiger charge is -2.01. The number of nitrogens with zero attached hydrogens (tertiary/aromatic N) is 3. The summed E-state index contributed by atoms with van der Waals surface area (Å²) in [6, 6.07) is 14.9. The van der Waals surface area contributed by atoms with Crippen LogP contribution in [0.2, 0.25) is 5.15 Å². The van der Waals surface area contributed by atoms with Crippen molar-refractivity contribution in [2.24, 2.45) is 0 Å². The summed E-state index contributed by atoms with van der Waals surface area (Å²) in [6.45, 7) is 0. The molecule has 0 bridgehead atoms. The predicted molar refractivity (Wildman–Crippen MR) is 76.9 cm³/mol. The Bertz CT molecular complexity index is 815. The summed E-state index contributed by atoms with van der Waals surface area (Å²) < 4.78 is 6.77. The zero-order chi connectivity index (χ0) is 14.1. The monoisotopic (exact) mass is 283 g/mol. The molecule has 5 heteroatoms. The van der Waals surface area contributed by atoms with E-state index < -0.39 is 0 Å². The SMILES string of the molecule is COc1ccc(-c2nc3cccc(Cl)n3c2C#N)cc1. The van der Waals surface area contributed by atoms with Crippen LogP contribution in [0, 0.1) is 11.3 Å². The van der Waals surface area contributed by atoms with Crippen LogP contribution in [0.1, 0.15) is 5.69 Å². The van der Waals surface area contributed by atoms with Gasteiger partial charge in [-0.05, 0) is 36.4 Å². The highest BCUT2D eigenvalue weighted by molar-refractivity contribution is 6.29. The van der Waals surface area contributed by atoms with Crippen LogP contribution < -0.4 is 4.74 Å². The van der Waals surface area contributed by atoms with E-state index in [1.54, 1.807) is 17.6 Å². The second-order valence-electron chi connectivity index (χ2n) is 4.19. The Morgan fingerprint density at radius 1 is 1.20 bits per heavy atom. The van der Waals surface area contributed by atoms with Gasteiger partial charge in [0, 0.05) is 5.56 Å². The van der Waals surface area contributed by atoms with E-state index in [-0.39, 0.29) is 0 Å². The van der Waals surface area contributed by atoms with Gasteiger partial charge >= 0.3 is 0 Å². The van der Waals surface area contributed by atoms with E-state index in [0.29, 0.717) is 22.2 Å². The second-order valence-corrected chi connectivity index (χ2v) is 4.58. The number of fused-ring (bicyclic) bond motifs is 1. The van der Waals surface area contributed by atoms with Gasteiger partial charge in [0.2, 0.25) is 0 Å². The average molecular weight is 284 g/mol. The van der Waals surface area contributed by atoms with Gasteiger partial charge in [0.05, 0.1) is 7.11 Å². The third kappa shape index (κ3) is 1.89. The maximum absolute atomic E-state index is 9.40. The molecule has 1 aromatic carbocycles. The Balaban J connectivity index is 2.25. The highest BCUT2D eigenvalue weighted by Crippen LogP contribution is 2.27. The number of hydrogen-bond acceptors (Lipinski definition) is 3.